The van der Waals surface area contributed by atoms with Crippen molar-refractivity contribution < 1.29 is 14.8 Å². The molecule has 9 heteroatoms. The number of benzene rings is 2. The second-order valence-electron chi connectivity index (χ2n) is 4.76. The lowest BCUT2D eigenvalue weighted by atomic mass is 10.1. The number of hydrogen-bond donors (Lipinski definition) is 2. The first-order valence-electron chi connectivity index (χ1n) is 6.67. The van der Waals surface area contributed by atoms with E-state index in [9.17, 15) is 25.3 Å². The summed E-state index contributed by atoms with van der Waals surface area (Å²) in [5.41, 5.74) is -0.0207. The summed E-state index contributed by atoms with van der Waals surface area (Å²) in [7, 11) is 0. The lowest BCUT2D eigenvalue weighted by Crippen LogP contribution is -2.13. The molecule has 0 aliphatic carbocycles. The first kappa shape index (κ1) is 18.6. The van der Waals surface area contributed by atoms with Crippen molar-refractivity contribution >= 4 is 55.2 Å². The monoisotopic (exact) mass is 465 g/mol. The van der Waals surface area contributed by atoms with Gasteiger partial charge in [0.15, 0.2) is 0 Å². The maximum absolute atomic E-state index is 12.2. The van der Waals surface area contributed by atoms with Crippen LogP contribution in [0.5, 0.6) is 5.75 Å². The Hall–Kier alpha value is -2.70. The highest BCUT2D eigenvalue weighted by atomic mass is 79.9. The Morgan fingerprint density at radius 1 is 1.32 bits per heavy atom. The van der Waals surface area contributed by atoms with Gasteiger partial charge in [-0.05, 0) is 40.2 Å². The highest BCUT2D eigenvalue weighted by Crippen LogP contribution is 2.33. The summed E-state index contributed by atoms with van der Waals surface area (Å²) in [6.07, 6.45) is 1.22. The third-order valence-corrected chi connectivity index (χ3v) is 4.10. The summed E-state index contributed by atoms with van der Waals surface area (Å²) in [6.45, 7) is 0. The van der Waals surface area contributed by atoms with Gasteiger partial charge in [-0.1, -0.05) is 22.0 Å². The third kappa shape index (κ3) is 4.65. The predicted octanol–water partition coefficient (Wildman–Crippen LogP) is 4.37. The van der Waals surface area contributed by atoms with Crippen LogP contribution in [0.25, 0.3) is 6.08 Å². The number of nitrogens with one attached hydrogen (secondary N) is 1. The highest BCUT2D eigenvalue weighted by molar-refractivity contribution is 9.11. The fourth-order valence-corrected chi connectivity index (χ4v) is 3.15. The quantitative estimate of drug-likeness (QED) is 0.300. The van der Waals surface area contributed by atoms with Crippen LogP contribution in [0.2, 0.25) is 0 Å². The molecule has 2 aromatic rings. The summed E-state index contributed by atoms with van der Waals surface area (Å²) < 4.78 is 1.03. The van der Waals surface area contributed by atoms with Gasteiger partial charge in [-0.3, -0.25) is 14.9 Å². The highest BCUT2D eigenvalue weighted by Gasteiger charge is 2.14. The number of aromatic hydroxyl groups is 1. The molecule has 0 atom stereocenters. The zero-order valence-electron chi connectivity index (χ0n) is 12.4. The number of nitro benzene ring substituents is 1. The number of rotatable bonds is 4. The molecule has 0 saturated carbocycles. The Bertz CT molecular complexity index is 935. The molecule has 0 radical (unpaired) electrons. The van der Waals surface area contributed by atoms with Crippen molar-refractivity contribution in [1.82, 2.24) is 0 Å². The fraction of sp³-hybridized carbons (Fsp3) is 0. The van der Waals surface area contributed by atoms with Gasteiger partial charge in [-0.2, -0.15) is 5.26 Å². The van der Waals surface area contributed by atoms with Crippen LogP contribution in [-0.4, -0.2) is 15.9 Å². The minimum Gasteiger partial charge on any atom is -0.506 e. The minimum atomic E-state index is -0.751. The SMILES string of the molecule is N#C/C(=C/c1cc(Br)cc(Br)c1O)C(=O)Nc1cccc([N+](=O)[O-])c1. The fourth-order valence-electron chi connectivity index (χ4n) is 1.90. The van der Waals surface area contributed by atoms with Crippen molar-refractivity contribution in [2.75, 3.05) is 5.32 Å². The van der Waals surface area contributed by atoms with Gasteiger partial charge in [0, 0.05) is 27.9 Å². The van der Waals surface area contributed by atoms with Crippen molar-refractivity contribution in [2.45, 2.75) is 0 Å². The molecule has 2 N–H and O–H groups in total. The number of nitrogens with zero attached hydrogens (tertiary/aromatic N) is 2. The molecule has 2 aromatic carbocycles. The number of nitriles is 1. The van der Waals surface area contributed by atoms with Crippen LogP contribution in [0.15, 0.2) is 50.9 Å². The van der Waals surface area contributed by atoms with Crippen LogP contribution in [-0.2, 0) is 4.79 Å². The molecule has 0 aromatic heterocycles. The van der Waals surface area contributed by atoms with E-state index in [4.69, 9.17) is 0 Å². The van der Waals surface area contributed by atoms with Gasteiger partial charge in [0.2, 0.25) is 0 Å². The van der Waals surface area contributed by atoms with Crippen LogP contribution in [0.3, 0.4) is 0 Å². The molecule has 0 aliphatic heterocycles. The van der Waals surface area contributed by atoms with Crippen molar-refractivity contribution in [3.8, 4) is 11.8 Å². The summed E-state index contributed by atoms with van der Waals surface area (Å²) in [5.74, 6) is -0.877. The van der Waals surface area contributed by atoms with E-state index in [2.05, 4.69) is 37.2 Å². The second kappa shape index (κ2) is 7.92. The number of hydrogen-bond acceptors (Lipinski definition) is 5. The summed E-state index contributed by atoms with van der Waals surface area (Å²) in [6, 6.07) is 10.2. The molecule has 7 nitrogen and oxygen atoms in total. The molecule has 0 heterocycles. The number of phenols is 1. The van der Waals surface area contributed by atoms with Gasteiger partial charge < -0.3 is 10.4 Å². The topological polar surface area (TPSA) is 116 Å². The van der Waals surface area contributed by atoms with E-state index in [1.54, 1.807) is 12.1 Å². The maximum atomic E-state index is 12.2. The van der Waals surface area contributed by atoms with Gasteiger partial charge in [-0.25, -0.2) is 0 Å². The van der Waals surface area contributed by atoms with Crippen molar-refractivity contribution in [3.05, 3.63) is 66.6 Å². The number of carbonyl (C=O) groups excluding carboxylic acids is 1. The second-order valence-corrected chi connectivity index (χ2v) is 6.53. The lowest BCUT2D eigenvalue weighted by Gasteiger charge is -2.06. The smallest absolute Gasteiger partial charge is 0.271 e. The number of non-ortho nitro benzene ring substituents is 1. The van der Waals surface area contributed by atoms with E-state index in [1.807, 2.05) is 0 Å². The molecule has 0 aliphatic rings. The zero-order chi connectivity index (χ0) is 18.6. The molecule has 0 unspecified atom stereocenters. The molecule has 0 bridgehead atoms. The standard InChI is InChI=1S/C16H9Br2N3O4/c17-11-5-9(15(22)14(18)6-11)4-10(8-19)16(23)20-12-2-1-3-13(7-12)21(24)25/h1-7,22H,(H,20,23)/b10-4-. The Labute approximate surface area is 159 Å². The van der Waals surface area contributed by atoms with Crippen LogP contribution in [0, 0.1) is 21.4 Å². The number of amides is 1. The van der Waals surface area contributed by atoms with E-state index >= 15 is 0 Å². The van der Waals surface area contributed by atoms with Crippen molar-refractivity contribution in [2.24, 2.45) is 0 Å². The van der Waals surface area contributed by atoms with Gasteiger partial charge in [-0.15, -0.1) is 0 Å². The molecule has 1 amide bonds. The van der Waals surface area contributed by atoms with Gasteiger partial charge >= 0.3 is 0 Å². The maximum Gasteiger partial charge on any atom is 0.271 e. The molecule has 2 rings (SSSR count). The normalized spacial score (nSPS) is 10.8. The number of phenolic OH excluding ortho intramolecular Hbond substituents is 1. The molecular weight excluding hydrogens is 458 g/mol. The van der Waals surface area contributed by atoms with Crippen LogP contribution in [0.1, 0.15) is 5.56 Å². The van der Waals surface area contributed by atoms with Crippen molar-refractivity contribution in [1.29, 1.82) is 5.26 Å². The van der Waals surface area contributed by atoms with E-state index in [1.165, 1.54) is 36.4 Å². The van der Waals surface area contributed by atoms with Crippen molar-refractivity contribution in [3.63, 3.8) is 0 Å². The summed E-state index contributed by atoms with van der Waals surface area (Å²) in [4.78, 5) is 22.4. The third-order valence-electron chi connectivity index (χ3n) is 3.04. The van der Waals surface area contributed by atoms with Gasteiger partial charge in [0.05, 0.1) is 9.40 Å². The predicted molar refractivity (Wildman–Crippen MR) is 98.8 cm³/mol. The summed E-state index contributed by atoms with van der Waals surface area (Å²) in [5, 5.41) is 32.4. The first-order chi connectivity index (χ1) is 11.8. The van der Waals surface area contributed by atoms with E-state index in [0.717, 1.165) is 0 Å². The molecule has 126 valence electrons. The number of nitro groups is 1. The molecule has 0 spiro atoms. The molecule has 25 heavy (non-hydrogen) atoms. The minimum absolute atomic E-state index is 0.126. The number of carbonyl (C=O) groups is 1. The van der Waals surface area contributed by atoms with E-state index < -0.39 is 10.8 Å². The zero-order valence-corrected chi connectivity index (χ0v) is 15.5. The lowest BCUT2D eigenvalue weighted by molar-refractivity contribution is -0.384. The van der Waals surface area contributed by atoms with E-state index in [-0.39, 0.29) is 28.3 Å². The van der Waals surface area contributed by atoms with Crippen LogP contribution >= 0.6 is 31.9 Å². The first-order valence-corrected chi connectivity index (χ1v) is 8.26. The van der Waals surface area contributed by atoms with Crippen LogP contribution in [0.4, 0.5) is 11.4 Å². The van der Waals surface area contributed by atoms with Crippen LogP contribution < -0.4 is 5.32 Å². The van der Waals surface area contributed by atoms with Gasteiger partial charge in [0.25, 0.3) is 11.6 Å². The number of halogens is 2. The number of anilines is 1. The molecule has 0 fully saturated rings. The Morgan fingerprint density at radius 2 is 2.04 bits per heavy atom. The average molecular weight is 467 g/mol. The Kier molecular flexibility index (Phi) is 5.90. The Balaban J connectivity index is 2.32. The molecule has 0 saturated heterocycles. The average Bonchev–Trinajstić information content (AvgIpc) is 2.56. The summed E-state index contributed by atoms with van der Waals surface area (Å²) >= 11 is 6.42. The van der Waals surface area contributed by atoms with Gasteiger partial charge in [0.1, 0.15) is 17.4 Å². The van der Waals surface area contributed by atoms with E-state index in [0.29, 0.717) is 8.95 Å². The largest absolute Gasteiger partial charge is 0.506 e. The molecular formula is C16H9Br2N3O4. The Morgan fingerprint density at radius 3 is 2.68 bits per heavy atom.